The van der Waals surface area contributed by atoms with Crippen LogP contribution in [0.4, 0.5) is 5.13 Å². The van der Waals surface area contributed by atoms with E-state index in [-0.39, 0.29) is 21.5 Å². The van der Waals surface area contributed by atoms with Gasteiger partial charge >= 0.3 is 0 Å². The van der Waals surface area contributed by atoms with Gasteiger partial charge in [-0.3, -0.25) is 14.5 Å². The summed E-state index contributed by atoms with van der Waals surface area (Å²) < 4.78 is 11.8. The van der Waals surface area contributed by atoms with E-state index in [1.165, 1.54) is 35.1 Å². The maximum atomic E-state index is 13.9. The van der Waals surface area contributed by atoms with E-state index in [1.54, 1.807) is 42.5 Å². The fraction of sp³-hybridized carbons (Fsp3) is 0.103. The molecule has 1 atom stereocenters. The Morgan fingerprint density at radius 2 is 1.88 bits per heavy atom. The van der Waals surface area contributed by atoms with Crippen LogP contribution < -0.4 is 9.64 Å². The molecule has 5 aromatic rings. The molecule has 1 aliphatic heterocycles. The Bertz CT molecular complexity index is 1840. The molecule has 3 heterocycles. The molecule has 12 heteroatoms. The molecule has 1 N–H and O–H groups in total. The van der Waals surface area contributed by atoms with Gasteiger partial charge in [0.2, 0.25) is 10.9 Å². The lowest BCUT2D eigenvalue weighted by atomic mass is 9.95. The molecular formula is C29H19Cl2N3O5S2. The molecule has 6 rings (SSSR count). The second kappa shape index (κ2) is 11.2. The monoisotopic (exact) mass is 623 g/mol. The summed E-state index contributed by atoms with van der Waals surface area (Å²) in [7, 11) is 1.50. The lowest BCUT2D eigenvalue weighted by molar-refractivity contribution is -0.117. The minimum absolute atomic E-state index is 0.0675. The Kier molecular flexibility index (Phi) is 7.48. The first-order valence-electron chi connectivity index (χ1n) is 12.2. The third kappa shape index (κ3) is 5.08. The van der Waals surface area contributed by atoms with Gasteiger partial charge in [0, 0.05) is 11.1 Å². The summed E-state index contributed by atoms with van der Waals surface area (Å²) >= 11 is 15.1. The molecule has 0 saturated heterocycles. The number of carbonyl (C=O) groups is 2. The number of methoxy groups -OCH3 is 1. The number of hydrogen-bond donors (Lipinski definition) is 1. The van der Waals surface area contributed by atoms with Crippen molar-refractivity contribution in [1.29, 1.82) is 0 Å². The van der Waals surface area contributed by atoms with Crippen molar-refractivity contribution in [3.63, 3.8) is 0 Å². The number of anilines is 1. The van der Waals surface area contributed by atoms with Crippen LogP contribution in [-0.2, 0) is 10.5 Å². The highest BCUT2D eigenvalue weighted by molar-refractivity contribution is 8.00. The standard InChI is InChI=1S/C29H19Cl2N3O5S2/c1-38-20-9-5-8-17-13-21(39-26(17)20)24(35)22-23(16-10-11-18(30)19(31)12-16)34(27(37)25(22)36)28-32-33-29(41-28)40-14-15-6-3-2-4-7-15/h2-13,23,36H,14H2,1H3. The van der Waals surface area contributed by atoms with Crippen molar-refractivity contribution in [2.75, 3.05) is 12.0 Å². The summed E-state index contributed by atoms with van der Waals surface area (Å²) in [6.07, 6.45) is 0. The quantitative estimate of drug-likeness (QED) is 0.107. The normalized spacial score (nSPS) is 15.2. The number of carbonyl (C=O) groups excluding carboxylic acids is 2. The highest BCUT2D eigenvalue weighted by Crippen LogP contribution is 2.45. The summed E-state index contributed by atoms with van der Waals surface area (Å²) in [6.45, 7) is 0. The van der Waals surface area contributed by atoms with Gasteiger partial charge in [0.05, 0.1) is 28.8 Å². The van der Waals surface area contributed by atoms with E-state index in [1.807, 2.05) is 30.3 Å². The number of rotatable bonds is 8. The number of amides is 1. The first-order chi connectivity index (χ1) is 19.9. The molecule has 3 aromatic carbocycles. The van der Waals surface area contributed by atoms with Crippen LogP contribution in [0.25, 0.3) is 11.0 Å². The Hall–Kier alpha value is -3.83. The van der Waals surface area contributed by atoms with E-state index in [0.29, 0.717) is 37.4 Å². The minimum atomic E-state index is -1.07. The third-order valence-corrected chi connectivity index (χ3v) is 9.34. The molecular weight excluding hydrogens is 605 g/mol. The van der Waals surface area contributed by atoms with Crippen LogP contribution >= 0.6 is 46.3 Å². The molecule has 0 aliphatic carbocycles. The van der Waals surface area contributed by atoms with Crippen LogP contribution in [-0.4, -0.2) is 34.1 Å². The van der Waals surface area contributed by atoms with E-state index in [0.717, 1.165) is 5.56 Å². The number of aliphatic hydroxyl groups excluding tert-OH is 1. The number of furan rings is 1. The summed E-state index contributed by atoms with van der Waals surface area (Å²) in [4.78, 5) is 28.7. The first-order valence-corrected chi connectivity index (χ1v) is 14.7. The van der Waals surface area contributed by atoms with E-state index in [9.17, 15) is 14.7 Å². The maximum Gasteiger partial charge on any atom is 0.296 e. The van der Waals surface area contributed by atoms with E-state index < -0.39 is 23.5 Å². The Morgan fingerprint density at radius 1 is 1.07 bits per heavy atom. The smallest absolute Gasteiger partial charge is 0.296 e. The number of thioether (sulfide) groups is 1. The summed E-state index contributed by atoms with van der Waals surface area (Å²) in [5.74, 6) is -1.15. The van der Waals surface area contributed by atoms with Gasteiger partial charge in [0.1, 0.15) is 0 Å². The molecule has 206 valence electrons. The van der Waals surface area contributed by atoms with Gasteiger partial charge in [-0.15, -0.1) is 10.2 Å². The van der Waals surface area contributed by atoms with Crippen LogP contribution in [0.3, 0.4) is 0 Å². The molecule has 0 spiro atoms. The zero-order valence-corrected chi connectivity index (χ0v) is 24.4. The first kappa shape index (κ1) is 27.3. The van der Waals surface area contributed by atoms with Gasteiger partial charge in [-0.1, -0.05) is 94.8 Å². The van der Waals surface area contributed by atoms with Crippen molar-refractivity contribution in [2.45, 2.75) is 16.1 Å². The topological polar surface area (TPSA) is 106 Å². The van der Waals surface area contributed by atoms with Gasteiger partial charge in [-0.25, -0.2) is 0 Å². The average Bonchev–Trinajstić information content (AvgIpc) is 3.70. The number of hydrogen-bond acceptors (Lipinski definition) is 9. The van der Waals surface area contributed by atoms with Crippen molar-refractivity contribution < 1.29 is 23.8 Å². The average molecular weight is 625 g/mol. The lowest BCUT2D eigenvalue weighted by Crippen LogP contribution is -2.31. The number of para-hydroxylation sites is 1. The number of benzene rings is 3. The van der Waals surface area contributed by atoms with E-state index in [2.05, 4.69) is 10.2 Å². The molecule has 0 fully saturated rings. The molecule has 0 saturated carbocycles. The number of Topliss-reactive ketones (excluding diaryl/α,β-unsaturated/α-hetero) is 1. The Balaban J connectivity index is 1.40. The fourth-order valence-electron chi connectivity index (χ4n) is 4.55. The Labute approximate surface area is 252 Å². The molecule has 0 radical (unpaired) electrons. The minimum Gasteiger partial charge on any atom is -0.503 e. The van der Waals surface area contributed by atoms with Gasteiger partial charge in [-0.2, -0.15) is 0 Å². The van der Waals surface area contributed by atoms with Crippen molar-refractivity contribution in [3.05, 3.63) is 111 Å². The molecule has 1 aliphatic rings. The summed E-state index contributed by atoms with van der Waals surface area (Å²) in [5, 5.41) is 20.9. The number of aliphatic hydroxyl groups is 1. The van der Waals surface area contributed by atoms with Crippen LogP contribution in [0.1, 0.15) is 27.7 Å². The highest BCUT2D eigenvalue weighted by atomic mass is 35.5. The molecule has 8 nitrogen and oxygen atoms in total. The van der Waals surface area contributed by atoms with Crippen molar-refractivity contribution in [3.8, 4) is 5.75 Å². The number of nitrogens with zero attached hydrogens (tertiary/aromatic N) is 3. The Morgan fingerprint density at radius 3 is 2.63 bits per heavy atom. The molecule has 1 amide bonds. The van der Waals surface area contributed by atoms with Gasteiger partial charge < -0.3 is 14.3 Å². The largest absolute Gasteiger partial charge is 0.503 e. The van der Waals surface area contributed by atoms with E-state index in [4.69, 9.17) is 32.4 Å². The fourth-order valence-corrected chi connectivity index (χ4v) is 6.68. The van der Waals surface area contributed by atoms with E-state index >= 15 is 0 Å². The predicted octanol–water partition coefficient (Wildman–Crippen LogP) is 7.67. The number of aromatic nitrogens is 2. The van der Waals surface area contributed by atoms with Crippen molar-refractivity contribution >= 4 is 74.1 Å². The van der Waals surface area contributed by atoms with Crippen LogP contribution in [0, 0.1) is 0 Å². The second-order valence-electron chi connectivity index (χ2n) is 8.96. The predicted molar refractivity (Wildman–Crippen MR) is 159 cm³/mol. The van der Waals surface area contributed by atoms with Crippen LogP contribution in [0.2, 0.25) is 10.0 Å². The lowest BCUT2D eigenvalue weighted by Gasteiger charge is -2.24. The number of fused-ring (bicyclic) bond motifs is 1. The second-order valence-corrected chi connectivity index (χ2v) is 11.9. The van der Waals surface area contributed by atoms with Gasteiger partial charge in [-0.05, 0) is 35.4 Å². The zero-order valence-electron chi connectivity index (χ0n) is 21.2. The third-order valence-electron chi connectivity index (χ3n) is 6.47. The van der Waals surface area contributed by atoms with Gasteiger partial charge in [0.15, 0.2) is 27.2 Å². The SMILES string of the molecule is COc1cccc2cc(C(=O)C3=C(O)C(=O)N(c4nnc(SCc5ccccc5)s4)C3c3ccc(Cl)c(Cl)c3)oc12. The molecule has 2 aromatic heterocycles. The molecule has 0 bridgehead atoms. The van der Waals surface area contributed by atoms with Crippen LogP contribution in [0.5, 0.6) is 5.75 Å². The van der Waals surface area contributed by atoms with Crippen molar-refractivity contribution in [2.24, 2.45) is 0 Å². The number of ether oxygens (including phenoxy) is 1. The number of halogens is 2. The van der Waals surface area contributed by atoms with Gasteiger partial charge in [0.25, 0.3) is 5.91 Å². The summed E-state index contributed by atoms with van der Waals surface area (Å²) in [6, 6.07) is 20.3. The number of ketones is 1. The summed E-state index contributed by atoms with van der Waals surface area (Å²) in [5.41, 5.74) is 1.74. The van der Waals surface area contributed by atoms with Crippen molar-refractivity contribution in [1.82, 2.24) is 10.2 Å². The highest BCUT2D eigenvalue weighted by Gasteiger charge is 2.47. The molecule has 1 unspecified atom stereocenters. The van der Waals surface area contributed by atoms with Crippen LogP contribution in [0.15, 0.2) is 92.9 Å². The zero-order chi connectivity index (χ0) is 28.7. The maximum absolute atomic E-state index is 13.9. The molecule has 41 heavy (non-hydrogen) atoms.